The number of ether oxygens (including phenoxy) is 2. The summed E-state index contributed by atoms with van der Waals surface area (Å²) in [6.07, 6.45) is -2.94. The maximum absolute atomic E-state index is 13.0. The topological polar surface area (TPSA) is 122 Å². The van der Waals surface area contributed by atoms with Crippen molar-refractivity contribution < 1.29 is 34.1 Å². The predicted molar refractivity (Wildman–Crippen MR) is 129 cm³/mol. The Morgan fingerprint density at radius 2 is 1.59 bits per heavy atom. The molecule has 182 valence electrons. The fraction of sp³-hybridized carbons (Fsp3) is 0.400. The molecule has 0 spiro atoms. The number of hydrogen-bond acceptors (Lipinski definition) is 7. The van der Waals surface area contributed by atoms with Gasteiger partial charge in [-0.2, -0.15) is 10.9 Å². The number of hydrogen-bond donors (Lipinski definition) is 4. The van der Waals surface area contributed by atoms with Crippen molar-refractivity contribution in [2.75, 3.05) is 19.0 Å². The molecule has 1 unspecified atom stereocenters. The molecule has 0 bridgehead atoms. The number of nitrogens with one attached hydrogen (secondary N) is 1. The van der Waals surface area contributed by atoms with Gasteiger partial charge in [-0.05, 0) is 29.2 Å². The Morgan fingerprint density at radius 3 is 2.18 bits per heavy atom. The van der Waals surface area contributed by atoms with Crippen molar-refractivity contribution in [3.8, 4) is 11.1 Å². The molecule has 2 aromatic carbocycles. The van der Waals surface area contributed by atoms with E-state index in [1.54, 1.807) is 6.92 Å². The van der Waals surface area contributed by atoms with Gasteiger partial charge in [-0.15, -0.1) is 0 Å². The largest absolute Gasteiger partial charge is 0.465 e. The van der Waals surface area contributed by atoms with E-state index in [2.05, 4.69) is 5.32 Å². The zero-order chi connectivity index (χ0) is 24.4. The smallest absolute Gasteiger partial charge is 0.407 e. The normalized spacial score (nSPS) is 25.2. The lowest BCUT2D eigenvalue weighted by molar-refractivity contribution is -0.141. The maximum Gasteiger partial charge on any atom is 0.407 e. The molecular formula is C25H29NO7S. The summed E-state index contributed by atoms with van der Waals surface area (Å²) in [6.45, 7) is 2.76. The second kappa shape index (κ2) is 10.2. The summed E-state index contributed by atoms with van der Waals surface area (Å²) in [5, 5.41) is 21.9. The van der Waals surface area contributed by atoms with Gasteiger partial charge in [-0.1, -0.05) is 48.5 Å². The fourth-order valence-corrected chi connectivity index (χ4v) is 7.44. The minimum atomic E-state index is -1.52. The minimum Gasteiger partial charge on any atom is -0.465 e. The van der Waals surface area contributed by atoms with E-state index in [1.807, 2.05) is 48.5 Å². The van der Waals surface area contributed by atoms with Crippen LogP contribution in [0.4, 0.5) is 4.79 Å². The van der Waals surface area contributed by atoms with Crippen LogP contribution in [0, 0.1) is 0 Å². The van der Waals surface area contributed by atoms with Crippen LogP contribution in [0.25, 0.3) is 11.1 Å². The van der Waals surface area contributed by atoms with E-state index in [0.29, 0.717) is 0 Å². The first kappa shape index (κ1) is 24.3. The highest BCUT2D eigenvalue weighted by molar-refractivity contribution is 8.30. The lowest BCUT2D eigenvalue weighted by Gasteiger charge is -2.26. The van der Waals surface area contributed by atoms with Crippen molar-refractivity contribution in [3.63, 3.8) is 0 Å². The Hall–Kier alpha value is -2.88. The number of alkyl carbamates (subject to hydrolysis) is 1. The molecule has 1 aliphatic heterocycles. The number of benzene rings is 2. The van der Waals surface area contributed by atoms with Crippen molar-refractivity contribution in [3.05, 3.63) is 59.7 Å². The molecule has 8 nitrogen and oxygen atoms in total. The molecule has 1 amide bonds. The quantitative estimate of drug-likeness (QED) is 0.364. The first-order valence-electron chi connectivity index (χ1n) is 11.2. The molecule has 0 aromatic heterocycles. The molecule has 9 heteroatoms. The van der Waals surface area contributed by atoms with E-state index in [9.17, 15) is 24.6 Å². The molecule has 2 aromatic rings. The third kappa shape index (κ3) is 4.82. The van der Waals surface area contributed by atoms with E-state index in [1.165, 1.54) is 6.92 Å². The van der Waals surface area contributed by atoms with Crippen LogP contribution in [0.15, 0.2) is 48.5 Å². The Balaban J connectivity index is 1.37. The molecule has 3 N–H and O–H groups in total. The van der Waals surface area contributed by atoms with Crippen molar-refractivity contribution >= 4 is 28.1 Å². The zero-order valence-electron chi connectivity index (χ0n) is 19.0. The van der Waals surface area contributed by atoms with Crippen LogP contribution in [-0.4, -0.2) is 69.9 Å². The lowest BCUT2D eigenvalue weighted by atomic mass is 9.98. The molecule has 4 rings (SSSR count). The van der Waals surface area contributed by atoms with Crippen molar-refractivity contribution in [1.82, 2.24) is 5.32 Å². The monoisotopic (exact) mass is 487 g/mol. The molecule has 1 heterocycles. The van der Waals surface area contributed by atoms with Gasteiger partial charge in [0.1, 0.15) is 13.2 Å². The number of aliphatic hydroxyl groups is 2. The molecule has 1 aliphatic carbocycles. The van der Waals surface area contributed by atoms with Crippen LogP contribution >= 0.6 is 10.9 Å². The van der Waals surface area contributed by atoms with Crippen LogP contribution in [0.5, 0.6) is 0 Å². The lowest BCUT2D eigenvalue weighted by Crippen LogP contribution is -2.41. The van der Waals surface area contributed by atoms with Gasteiger partial charge in [0.2, 0.25) is 0 Å². The molecule has 1 saturated heterocycles. The predicted octanol–water partition coefficient (Wildman–Crippen LogP) is 2.11. The van der Waals surface area contributed by atoms with Gasteiger partial charge in [0, 0.05) is 18.6 Å². The number of thiol groups is 1. The molecule has 0 radical (unpaired) electrons. The summed E-state index contributed by atoms with van der Waals surface area (Å²) in [4.78, 5) is 36.7. The van der Waals surface area contributed by atoms with Crippen LogP contribution < -0.4 is 5.32 Å². The first-order chi connectivity index (χ1) is 16.3. The van der Waals surface area contributed by atoms with Crippen LogP contribution in [0.1, 0.15) is 30.9 Å². The van der Waals surface area contributed by atoms with E-state index in [0.717, 1.165) is 22.3 Å². The van der Waals surface area contributed by atoms with Crippen molar-refractivity contribution in [2.24, 2.45) is 0 Å². The standard InChI is InChI=1S/C25H29NO7S/c1-14(24(30)34-13-21(28)23(29)22(34)12-32-15(2)27)26-25(31)33-11-20-18-9-5-3-7-16(18)17-8-4-6-10-19(17)20/h3-10,14,20-23,28-29,34H,11-13H2,1-2H3,(H,26,31)/t14-,21+,22-,23+/m1/s1. The Morgan fingerprint density at radius 1 is 1.00 bits per heavy atom. The third-order valence-electron chi connectivity index (χ3n) is 6.36. The first-order valence-corrected chi connectivity index (χ1v) is 12.8. The molecule has 1 fully saturated rings. The molecule has 0 saturated carbocycles. The number of esters is 1. The van der Waals surface area contributed by atoms with Crippen molar-refractivity contribution in [1.29, 1.82) is 0 Å². The highest BCUT2D eigenvalue weighted by atomic mass is 32.2. The number of amides is 1. The Kier molecular flexibility index (Phi) is 7.25. The molecule has 34 heavy (non-hydrogen) atoms. The van der Waals surface area contributed by atoms with Crippen molar-refractivity contribution in [2.45, 2.75) is 43.3 Å². The minimum absolute atomic E-state index is 0.0952. The summed E-state index contributed by atoms with van der Waals surface area (Å²) in [6, 6.07) is 15.1. The van der Waals surface area contributed by atoms with Crippen LogP contribution in [-0.2, 0) is 19.1 Å². The summed E-state index contributed by atoms with van der Waals surface area (Å²) >= 11 is 0. The second-order valence-electron chi connectivity index (χ2n) is 8.61. The Bertz CT molecular complexity index is 1040. The SMILES string of the molecule is CC(=O)OC[C@@H]1[C@@H](O)[C@@H](O)C[SH]1C(=O)[C@@H](C)NC(=O)OCC1c2ccccc2-c2ccccc21. The fourth-order valence-electron chi connectivity index (χ4n) is 4.66. The van der Waals surface area contributed by atoms with E-state index in [-0.39, 0.29) is 30.0 Å². The molecular weight excluding hydrogens is 458 g/mol. The third-order valence-corrected chi connectivity index (χ3v) is 9.34. The number of carbonyl (C=O) groups excluding carboxylic acids is 3. The maximum atomic E-state index is 13.0. The molecule has 2 aliphatic rings. The Labute approximate surface area is 200 Å². The number of aliphatic hydroxyl groups excluding tert-OH is 2. The average molecular weight is 488 g/mol. The zero-order valence-corrected chi connectivity index (χ0v) is 19.9. The highest BCUT2D eigenvalue weighted by Gasteiger charge is 2.44. The van der Waals surface area contributed by atoms with Gasteiger partial charge in [-0.3, -0.25) is 9.59 Å². The summed E-state index contributed by atoms with van der Waals surface area (Å²) in [5.41, 5.74) is 4.42. The van der Waals surface area contributed by atoms with Crippen LogP contribution in [0.3, 0.4) is 0 Å². The molecule has 5 atom stereocenters. The summed E-state index contributed by atoms with van der Waals surface area (Å²) in [7, 11) is -1.52. The highest BCUT2D eigenvalue weighted by Crippen LogP contribution is 2.45. The van der Waals surface area contributed by atoms with Gasteiger partial charge >= 0.3 is 12.1 Å². The number of fused-ring (bicyclic) bond motifs is 3. The van der Waals surface area contributed by atoms with Gasteiger partial charge < -0.3 is 25.0 Å². The number of rotatable bonds is 6. The van der Waals surface area contributed by atoms with Gasteiger partial charge in [-0.25, -0.2) is 4.79 Å². The van der Waals surface area contributed by atoms with Gasteiger partial charge in [0.05, 0.1) is 23.5 Å². The summed E-state index contributed by atoms with van der Waals surface area (Å²) in [5.74, 6) is -0.527. The van der Waals surface area contributed by atoms with Crippen LogP contribution in [0.2, 0.25) is 0 Å². The average Bonchev–Trinajstić information content (AvgIpc) is 3.29. The number of carbonyl (C=O) groups is 3. The second-order valence-corrected chi connectivity index (χ2v) is 11.0. The summed E-state index contributed by atoms with van der Waals surface area (Å²) < 4.78 is 10.5. The van der Waals surface area contributed by atoms with Gasteiger partial charge in [0.15, 0.2) is 5.12 Å². The van der Waals surface area contributed by atoms with E-state index >= 15 is 0 Å². The van der Waals surface area contributed by atoms with E-state index in [4.69, 9.17) is 9.47 Å². The van der Waals surface area contributed by atoms with Gasteiger partial charge in [0.25, 0.3) is 0 Å². The van der Waals surface area contributed by atoms with E-state index < -0.39 is 46.5 Å².